The van der Waals surface area contributed by atoms with E-state index in [9.17, 15) is 8.76 Å². The summed E-state index contributed by atoms with van der Waals surface area (Å²) in [7, 11) is 1.60. The molecule has 0 aromatic rings. The van der Waals surface area contributed by atoms with Crippen molar-refractivity contribution in [3.05, 3.63) is 23.1 Å². The molecule has 0 fully saturated rings. The summed E-state index contributed by atoms with van der Waals surface area (Å²) < 4.78 is 25.8. The van der Waals surface area contributed by atoms with Crippen molar-refractivity contribution in [3.63, 3.8) is 0 Å². The van der Waals surface area contributed by atoms with Crippen LogP contribution >= 0.6 is 0 Å². The second-order valence-corrected chi connectivity index (χ2v) is 3.15. The van der Waals surface area contributed by atoms with Gasteiger partial charge in [-0.2, -0.15) is 0 Å². The van der Waals surface area contributed by atoms with E-state index in [-0.39, 0.29) is 6.10 Å². The molecule has 2 unspecified atom stereocenters. The topological polar surface area (TPSA) is 49.4 Å². The molecule has 0 aromatic carbocycles. The van der Waals surface area contributed by atoms with Gasteiger partial charge in [0.25, 0.3) is 0 Å². The zero-order chi connectivity index (χ0) is 8.27. The summed E-state index contributed by atoms with van der Waals surface area (Å²) in [5.41, 5.74) is 0. The van der Waals surface area contributed by atoms with E-state index in [2.05, 4.69) is 0 Å². The van der Waals surface area contributed by atoms with Crippen LogP contribution in [0.5, 0.6) is 0 Å². The number of methoxy groups -OCH3 is 1. The normalized spacial score (nSPS) is 26.4. The highest BCUT2D eigenvalue weighted by Crippen LogP contribution is 2.14. The molecule has 0 saturated heterocycles. The van der Waals surface area contributed by atoms with Gasteiger partial charge in [0.05, 0.1) is 6.10 Å². The molecule has 1 aliphatic carbocycles. The molecule has 0 N–H and O–H groups in total. The van der Waals surface area contributed by atoms with Crippen molar-refractivity contribution < 1.29 is 13.5 Å². The lowest BCUT2D eigenvalue weighted by atomic mass is 10.1. The maximum absolute atomic E-state index is 10.4. The molecular weight excluding hydrogens is 164 g/mol. The Balaban J connectivity index is 2.60. The maximum atomic E-state index is 10.4. The molecule has 0 bridgehead atoms. The zero-order valence-electron chi connectivity index (χ0n) is 6.15. The zero-order valence-corrected chi connectivity index (χ0v) is 6.97. The minimum absolute atomic E-state index is 0.0299. The van der Waals surface area contributed by atoms with Crippen molar-refractivity contribution in [3.8, 4) is 0 Å². The van der Waals surface area contributed by atoms with Crippen molar-refractivity contribution in [2.24, 2.45) is 0 Å². The van der Waals surface area contributed by atoms with E-state index in [0.29, 0.717) is 11.3 Å². The fraction of sp³-hybridized carbons (Fsp3) is 0.429. The summed E-state index contributed by atoms with van der Waals surface area (Å²) in [6.45, 7) is 0. The number of ether oxygens (including phenoxy) is 1. The van der Waals surface area contributed by atoms with Gasteiger partial charge in [0.15, 0.2) is 0 Å². The van der Waals surface area contributed by atoms with E-state index < -0.39 is 11.1 Å². The van der Waals surface area contributed by atoms with E-state index in [4.69, 9.17) is 4.74 Å². The van der Waals surface area contributed by atoms with Gasteiger partial charge >= 0.3 is 0 Å². The van der Waals surface area contributed by atoms with Crippen LogP contribution in [0, 0.1) is 0 Å². The van der Waals surface area contributed by atoms with Crippen LogP contribution in [0.15, 0.2) is 23.1 Å². The van der Waals surface area contributed by atoms with Gasteiger partial charge in [-0.15, -0.1) is 0 Å². The molecular formula is C7H9O3S-. The first-order valence-corrected chi connectivity index (χ1v) is 4.32. The van der Waals surface area contributed by atoms with Crippen LogP contribution < -0.4 is 0 Å². The van der Waals surface area contributed by atoms with Crippen LogP contribution in [-0.2, 0) is 15.8 Å². The lowest BCUT2D eigenvalue weighted by Gasteiger charge is -2.15. The van der Waals surface area contributed by atoms with Crippen LogP contribution in [0.25, 0.3) is 0 Å². The average Bonchev–Trinajstić information content (AvgIpc) is 2.05. The smallest absolute Gasteiger partial charge is 0.0790 e. The Morgan fingerprint density at radius 3 is 2.91 bits per heavy atom. The highest BCUT2D eigenvalue weighted by Gasteiger charge is 2.06. The van der Waals surface area contributed by atoms with Crippen molar-refractivity contribution in [1.82, 2.24) is 0 Å². The van der Waals surface area contributed by atoms with Crippen molar-refractivity contribution in [2.75, 3.05) is 7.11 Å². The predicted molar refractivity (Wildman–Crippen MR) is 41.6 cm³/mol. The fourth-order valence-electron chi connectivity index (χ4n) is 0.879. The molecule has 11 heavy (non-hydrogen) atoms. The van der Waals surface area contributed by atoms with E-state index in [1.807, 2.05) is 0 Å². The Morgan fingerprint density at radius 2 is 2.55 bits per heavy atom. The summed E-state index contributed by atoms with van der Waals surface area (Å²) in [6, 6.07) is 0. The number of allylic oxidation sites excluding steroid dienone is 1. The highest BCUT2D eigenvalue weighted by atomic mass is 32.2. The summed E-state index contributed by atoms with van der Waals surface area (Å²) in [6.07, 6.45) is 5.61. The maximum Gasteiger partial charge on any atom is 0.0790 e. The van der Waals surface area contributed by atoms with Crippen LogP contribution in [0.3, 0.4) is 0 Å². The van der Waals surface area contributed by atoms with Gasteiger partial charge in [0.2, 0.25) is 0 Å². The van der Waals surface area contributed by atoms with E-state index >= 15 is 0 Å². The molecule has 3 nitrogen and oxygen atoms in total. The summed E-state index contributed by atoms with van der Waals surface area (Å²) in [5, 5.41) is 0. The second kappa shape index (κ2) is 3.80. The minimum Gasteiger partial charge on any atom is -0.768 e. The third-order valence-corrected chi connectivity index (χ3v) is 2.21. The van der Waals surface area contributed by atoms with Gasteiger partial charge in [-0.25, -0.2) is 0 Å². The molecule has 0 heterocycles. The molecule has 62 valence electrons. The van der Waals surface area contributed by atoms with Crippen LogP contribution in [0.2, 0.25) is 0 Å². The van der Waals surface area contributed by atoms with Crippen molar-refractivity contribution in [2.45, 2.75) is 12.5 Å². The van der Waals surface area contributed by atoms with Gasteiger partial charge < -0.3 is 9.29 Å². The Hall–Kier alpha value is -0.450. The minimum atomic E-state index is -2.10. The number of rotatable bonds is 2. The number of hydrogen-bond donors (Lipinski definition) is 0. The van der Waals surface area contributed by atoms with Gasteiger partial charge in [0, 0.05) is 12.0 Å². The van der Waals surface area contributed by atoms with Gasteiger partial charge in [-0.3, -0.25) is 4.21 Å². The Morgan fingerprint density at radius 1 is 1.82 bits per heavy atom. The molecule has 0 spiro atoms. The molecule has 0 amide bonds. The standard InChI is InChI=1S/C7H10O3S/c1-10-6-2-4-7(5-3-6)11(8)9/h2,4-6H,3H2,1H3,(H,8,9)/p-1. The Bertz CT molecular complexity index is 220. The molecule has 0 aliphatic heterocycles. The lowest BCUT2D eigenvalue weighted by molar-refractivity contribution is 0.142. The average molecular weight is 173 g/mol. The lowest BCUT2D eigenvalue weighted by Crippen LogP contribution is -2.09. The first-order valence-electron chi connectivity index (χ1n) is 3.24. The third-order valence-electron chi connectivity index (χ3n) is 1.52. The monoisotopic (exact) mass is 173 g/mol. The summed E-state index contributed by atoms with van der Waals surface area (Å²) >= 11 is -2.10. The summed E-state index contributed by atoms with van der Waals surface area (Å²) in [5.74, 6) is 0. The molecule has 1 aliphatic rings. The molecule has 0 saturated carbocycles. The molecule has 0 aromatic heterocycles. The second-order valence-electron chi connectivity index (χ2n) is 2.21. The Kier molecular flexibility index (Phi) is 2.99. The molecule has 0 radical (unpaired) electrons. The predicted octanol–water partition coefficient (Wildman–Crippen LogP) is 0.724. The molecule has 4 heteroatoms. The van der Waals surface area contributed by atoms with E-state index in [0.717, 1.165) is 0 Å². The number of hydrogen-bond acceptors (Lipinski definition) is 3. The van der Waals surface area contributed by atoms with Crippen molar-refractivity contribution in [1.29, 1.82) is 0 Å². The van der Waals surface area contributed by atoms with Crippen LogP contribution in [0.1, 0.15) is 6.42 Å². The first kappa shape index (κ1) is 8.64. The van der Waals surface area contributed by atoms with E-state index in [1.54, 1.807) is 25.3 Å². The molecule has 2 atom stereocenters. The first-order chi connectivity index (χ1) is 5.24. The van der Waals surface area contributed by atoms with Crippen molar-refractivity contribution >= 4 is 11.1 Å². The Labute approximate surface area is 68.0 Å². The summed E-state index contributed by atoms with van der Waals surface area (Å²) in [4.78, 5) is 0.346. The third kappa shape index (κ3) is 2.25. The fourth-order valence-corrected chi connectivity index (χ4v) is 1.30. The SMILES string of the molecule is COC1C=CC(S(=O)[O-])=CC1. The van der Waals surface area contributed by atoms with Gasteiger partial charge in [-0.05, 0) is 23.6 Å². The van der Waals surface area contributed by atoms with Crippen LogP contribution in [-0.4, -0.2) is 22.0 Å². The van der Waals surface area contributed by atoms with Gasteiger partial charge in [0.1, 0.15) is 0 Å². The van der Waals surface area contributed by atoms with E-state index in [1.165, 1.54) is 0 Å². The highest BCUT2D eigenvalue weighted by molar-refractivity contribution is 7.83. The molecule has 1 rings (SSSR count). The largest absolute Gasteiger partial charge is 0.768 e. The van der Waals surface area contributed by atoms with Gasteiger partial charge in [-0.1, -0.05) is 12.2 Å². The quantitative estimate of drug-likeness (QED) is 0.578. The van der Waals surface area contributed by atoms with Crippen LogP contribution in [0.4, 0.5) is 0 Å².